The molecule has 1 amide bonds. The Bertz CT molecular complexity index is 164. The van der Waals surface area contributed by atoms with Gasteiger partial charge in [-0.3, -0.25) is 4.79 Å². The van der Waals surface area contributed by atoms with Gasteiger partial charge in [0.1, 0.15) is 0 Å². The third-order valence-electron chi connectivity index (χ3n) is 2.74. The number of hydrogen-bond donors (Lipinski definition) is 1. The van der Waals surface area contributed by atoms with E-state index in [1.807, 2.05) is 13.8 Å². The van der Waals surface area contributed by atoms with Crippen molar-refractivity contribution in [3.63, 3.8) is 0 Å². The second kappa shape index (κ2) is 5.22. The second-order valence-corrected chi connectivity index (χ2v) is 3.63. The molecule has 1 aliphatic heterocycles. The van der Waals surface area contributed by atoms with Crippen molar-refractivity contribution in [1.29, 1.82) is 0 Å². The average molecular weight is 185 g/mol. The number of ether oxygens (including phenoxy) is 1. The van der Waals surface area contributed by atoms with Crippen molar-refractivity contribution >= 4 is 5.91 Å². The third-order valence-corrected chi connectivity index (χ3v) is 2.74. The highest BCUT2D eigenvalue weighted by Crippen LogP contribution is 2.23. The van der Waals surface area contributed by atoms with Crippen molar-refractivity contribution in [1.82, 2.24) is 5.32 Å². The van der Waals surface area contributed by atoms with E-state index in [1.54, 1.807) is 0 Å². The lowest BCUT2D eigenvalue weighted by Crippen LogP contribution is -2.35. The molecule has 0 bridgehead atoms. The molecule has 0 saturated carbocycles. The largest absolute Gasteiger partial charge is 0.381 e. The quantitative estimate of drug-likeness (QED) is 0.717. The van der Waals surface area contributed by atoms with E-state index in [4.69, 9.17) is 4.74 Å². The van der Waals surface area contributed by atoms with Crippen molar-refractivity contribution in [2.45, 2.75) is 26.7 Å². The van der Waals surface area contributed by atoms with Crippen molar-refractivity contribution < 1.29 is 9.53 Å². The van der Waals surface area contributed by atoms with Crippen LogP contribution in [0, 0.1) is 11.8 Å². The number of carbonyl (C=O) groups is 1. The van der Waals surface area contributed by atoms with Gasteiger partial charge >= 0.3 is 0 Å². The molecule has 1 N–H and O–H groups in total. The Labute approximate surface area is 79.8 Å². The third kappa shape index (κ3) is 2.99. The van der Waals surface area contributed by atoms with E-state index >= 15 is 0 Å². The molecular weight excluding hydrogens is 166 g/mol. The van der Waals surface area contributed by atoms with Gasteiger partial charge in [-0.15, -0.1) is 0 Å². The van der Waals surface area contributed by atoms with E-state index in [0.717, 1.165) is 32.6 Å². The Morgan fingerprint density at radius 3 is 2.69 bits per heavy atom. The van der Waals surface area contributed by atoms with Crippen molar-refractivity contribution in [3.05, 3.63) is 0 Å². The molecule has 0 aliphatic carbocycles. The molecule has 1 fully saturated rings. The highest BCUT2D eigenvalue weighted by molar-refractivity contribution is 5.78. The number of carbonyl (C=O) groups excluding carboxylic acids is 1. The maximum absolute atomic E-state index is 11.5. The van der Waals surface area contributed by atoms with Gasteiger partial charge in [0.15, 0.2) is 0 Å². The molecule has 0 radical (unpaired) electrons. The van der Waals surface area contributed by atoms with Gasteiger partial charge in [0.05, 0.1) is 0 Å². The summed E-state index contributed by atoms with van der Waals surface area (Å²) in [6, 6.07) is 0. The molecule has 1 aliphatic rings. The minimum absolute atomic E-state index is 0.142. The van der Waals surface area contributed by atoms with Crippen molar-refractivity contribution in [2.75, 3.05) is 19.8 Å². The van der Waals surface area contributed by atoms with Crippen LogP contribution >= 0.6 is 0 Å². The minimum Gasteiger partial charge on any atom is -0.381 e. The maximum Gasteiger partial charge on any atom is 0.223 e. The van der Waals surface area contributed by atoms with Gasteiger partial charge in [-0.2, -0.15) is 0 Å². The van der Waals surface area contributed by atoms with E-state index in [1.165, 1.54) is 0 Å². The summed E-state index contributed by atoms with van der Waals surface area (Å²) in [6.07, 6.45) is 2.05. The fourth-order valence-corrected chi connectivity index (χ4v) is 1.77. The molecular formula is C10H19NO2. The first kappa shape index (κ1) is 10.5. The smallest absolute Gasteiger partial charge is 0.223 e. The molecule has 0 aromatic carbocycles. The van der Waals surface area contributed by atoms with Crippen LogP contribution in [0.15, 0.2) is 0 Å². The van der Waals surface area contributed by atoms with E-state index in [-0.39, 0.29) is 11.8 Å². The fraction of sp³-hybridized carbons (Fsp3) is 0.900. The van der Waals surface area contributed by atoms with E-state index < -0.39 is 0 Å². The summed E-state index contributed by atoms with van der Waals surface area (Å²) in [4.78, 5) is 11.5. The van der Waals surface area contributed by atoms with Crippen LogP contribution in [0.3, 0.4) is 0 Å². The van der Waals surface area contributed by atoms with Crippen LogP contribution in [0.5, 0.6) is 0 Å². The zero-order chi connectivity index (χ0) is 9.68. The minimum atomic E-state index is 0.142. The molecule has 1 unspecified atom stereocenters. The number of nitrogens with one attached hydrogen (secondary N) is 1. The lowest BCUT2D eigenvalue weighted by atomic mass is 9.87. The monoisotopic (exact) mass is 185 g/mol. The Morgan fingerprint density at radius 1 is 1.54 bits per heavy atom. The summed E-state index contributed by atoms with van der Waals surface area (Å²) >= 11 is 0. The van der Waals surface area contributed by atoms with Crippen LogP contribution in [0.4, 0.5) is 0 Å². The second-order valence-electron chi connectivity index (χ2n) is 3.63. The molecule has 1 heterocycles. The lowest BCUT2D eigenvalue weighted by Gasteiger charge is -2.26. The summed E-state index contributed by atoms with van der Waals surface area (Å²) in [5.74, 6) is 0.846. The highest BCUT2D eigenvalue weighted by atomic mass is 16.5. The van der Waals surface area contributed by atoms with Crippen LogP contribution in [0.2, 0.25) is 0 Å². The summed E-state index contributed by atoms with van der Waals surface area (Å²) in [5.41, 5.74) is 0. The first-order valence-electron chi connectivity index (χ1n) is 5.11. The first-order valence-corrected chi connectivity index (χ1v) is 5.11. The van der Waals surface area contributed by atoms with E-state index in [9.17, 15) is 4.79 Å². The number of hydrogen-bond acceptors (Lipinski definition) is 2. The zero-order valence-electron chi connectivity index (χ0n) is 8.51. The topological polar surface area (TPSA) is 38.3 Å². The van der Waals surface area contributed by atoms with Gasteiger partial charge in [0, 0.05) is 25.7 Å². The molecule has 76 valence electrons. The summed E-state index contributed by atoms with van der Waals surface area (Å²) in [7, 11) is 0. The normalized spacial score (nSPS) is 21.1. The lowest BCUT2D eigenvalue weighted by molar-refractivity contribution is -0.127. The van der Waals surface area contributed by atoms with Gasteiger partial charge in [-0.25, -0.2) is 0 Å². The van der Waals surface area contributed by atoms with E-state index in [0.29, 0.717) is 5.92 Å². The van der Waals surface area contributed by atoms with Crippen LogP contribution < -0.4 is 5.32 Å². The van der Waals surface area contributed by atoms with E-state index in [2.05, 4.69) is 5.32 Å². The molecule has 0 spiro atoms. The molecule has 13 heavy (non-hydrogen) atoms. The van der Waals surface area contributed by atoms with Gasteiger partial charge in [-0.05, 0) is 25.7 Å². The Balaban J connectivity index is 2.35. The highest BCUT2D eigenvalue weighted by Gasteiger charge is 2.25. The van der Waals surface area contributed by atoms with Gasteiger partial charge in [0.25, 0.3) is 0 Å². The summed E-state index contributed by atoms with van der Waals surface area (Å²) < 4.78 is 5.26. The first-order chi connectivity index (χ1) is 6.25. The van der Waals surface area contributed by atoms with Crippen LogP contribution in [-0.4, -0.2) is 25.7 Å². The SMILES string of the molecule is CCNC(=O)C(C)C1CCOCC1. The number of amides is 1. The zero-order valence-corrected chi connectivity index (χ0v) is 8.51. The van der Waals surface area contributed by atoms with Gasteiger partial charge < -0.3 is 10.1 Å². The van der Waals surface area contributed by atoms with Crippen molar-refractivity contribution in [3.8, 4) is 0 Å². The number of rotatable bonds is 3. The Morgan fingerprint density at radius 2 is 2.15 bits per heavy atom. The summed E-state index contributed by atoms with van der Waals surface area (Å²) in [6.45, 7) is 6.32. The van der Waals surface area contributed by atoms with Crippen LogP contribution in [-0.2, 0) is 9.53 Å². The Hall–Kier alpha value is -0.570. The molecule has 1 saturated heterocycles. The maximum atomic E-state index is 11.5. The van der Waals surface area contributed by atoms with Crippen LogP contribution in [0.25, 0.3) is 0 Å². The summed E-state index contributed by atoms with van der Waals surface area (Å²) in [5, 5.41) is 2.86. The van der Waals surface area contributed by atoms with Crippen LogP contribution in [0.1, 0.15) is 26.7 Å². The molecule has 3 heteroatoms. The predicted molar refractivity (Wildman–Crippen MR) is 51.4 cm³/mol. The predicted octanol–water partition coefficient (Wildman–Crippen LogP) is 1.19. The molecule has 0 aromatic rings. The Kier molecular flexibility index (Phi) is 4.22. The molecule has 1 atom stereocenters. The standard InChI is InChI=1S/C10H19NO2/c1-3-11-10(12)8(2)9-4-6-13-7-5-9/h8-9H,3-7H2,1-2H3,(H,11,12). The molecule has 3 nitrogen and oxygen atoms in total. The van der Waals surface area contributed by atoms with Gasteiger partial charge in [-0.1, -0.05) is 6.92 Å². The molecule has 0 aromatic heterocycles. The fourth-order valence-electron chi connectivity index (χ4n) is 1.77. The molecule has 1 rings (SSSR count). The average Bonchev–Trinajstić information content (AvgIpc) is 2.18. The van der Waals surface area contributed by atoms with Gasteiger partial charge in [0.2, 0.25) is 5.91 Å². The van der Waals surface area contributed by atoms with Crippen molar-refractivity contribution in [2.24, 2.45) is 11.8 Å².